The van der Waals surface area contributed by atoms with Gasteiger partial charge < -0.3 is 15.4 Å². The molecule has 2 aromatic rings. The maximum Gasteiger partial charge on any atom is 0.347 e. The van der Waals surface area contributed by atoms with E-state index in [9.17, 15) is 4.79 Å². The first-order chi connectivity index (χ1) is 6.75. The number of carboxylic acid groups (broad SMARTS) is 1. The Labute approximate surface area is 83.4 Å². The van der Waals surface area contributed by atoms with E-state index in [2.05, 4.69) is 15.3 Å². The summed E-state index contributed by atoms with van der Waals surface area (Å²) >= 11 is 1.10. The number of nitrogens with one attached hydrogen (secondary N) is 2. The molecule has 0 amide bonds. The summed E-state index contributed by atoms with van der Waals surface area (Å²) in [5.41, 5.74) is 0. The third-order valence-corrected chi connectivity index (χ3v) is 2.46. The molecule has 0 aliphatic heterocycles. The Balaban J connectivity index is 2.14. The second-order valence-corrected chi connectivity index (χ2v) is 3.57. The van der Waals surface area contributed by atoms with Gasteiger partial charge in [0, 0.05) is 6.20 Å². The van der Waals surface area contributed by atoms with Crippen LogP contribution in [0.3, 0.4) is 0 Å². The van der Waals surface area contributed by atoms with Crippen LogP contribution in [0, 0.1) is 0 Å². The monoisotopic (exact) mass is 209 g/mol. The zero-order valence-electron chi connectivity index (χ0n) is 7.02. The summed E-state index contributed by atoms with van der Waals surface area (Å²) in [5, 5.41) is 12.2. The smallest absolute Gasteiger partial charge is 0.347 e. The van der Waals surface area contributed by atoms with Gasteiger partial charge in [0.25, 0.3) is 0 Å². The van der Waals surface area contributed by atoms with Gasteiger partial charge in [0.1, 0.15) is 10.7 Å². The zero-order chi connectivity index (χ0) is 9.97. The summed E-state index contributed by atoms with van der Waals surface area (Å²) in [6.45, 7) is 0. The number of carbonyl (C=O) groups is 1. The van der Waals surface area contributed by atoms with Crippen LogP contribution in [0.25, 0.3) is 0 Å². The molecule has 5 nitrogen and oxygen atoms in total. The first-order valence-corrected chi connectivity index (χ1v) is 4.67. The van der Waals surface area contributed by atoms with Gasteiger partial charge in [0.05, 0.1) is 6.20 Å². The Kier molecular flexibility index (Phi) is 2.19. The van der Waals surface area contributed by atoms with Gasteiger partial charge in [-0.15, -0.1) is 0 Å². The number of rotatable bonds is 3. The summed E-state index contributed by atoms with van der Waals surface area (Å²) < 4.78 is 0. The van der Waals surface area contributed by atoms with E-state index in [1.54, 1.807) is 6.20 Å². The van der Waals surface area contributed by atoms with Crippen molar-refractivity contribution >= 4 is 28.3 Å². The number of aromatic amines is 1. The minimum Gasteiger partial charge on any atom is -0.477 e. The Morgan fingerprint density at radius 3 is 3.07 bits per heavy atom. The van der Waals surface area contributed by atoms with Crippen molar-refractivity contribution in [2.75, 3.05) is 5.32 Å². The van der Waals surface area contributed by atoms with E-state index in [-0.39, 0.29) is 4.88 Å². The fourth-order valence-electron chi connectivity index (χ4n) is 0.954. The Bertz CT molecular complexity index is 435. The van der Waals surface area contributed by atoms with Gasteiger partial charge in [-0.1, -0.05) is 11.3 Å². The number of H-pyrrole nitrogens is 1. The molecule has 0 radical (unpaired) electrons. The maximum absolute atomic E-state index is 10.6. The second-order valence-electron chi connectivity index (χ2n) is 2.54. The molecule has 2 aromatic heterocycles. The molecule has 0 unspecified atom stereocenters. The van der Waals surface area contributed by atoms with Gasteiger partial charge in [-0.2, -0.15) is 0 Å². The van der Waals surface area contributed by atoms with Crippen LogP contribution in [0.2, 0.25) is 0 Å². The van der Waals surface area contributed by atoms with E-state index >= 15 is 0 Å². The number of anilines is 2. The molecule has 0 atom stereocenters. The third-order valence-electron chi connectivity index (χ3n) is 1.56. The number of thiazole rings is 1. The predicted octanol–water partition coefficient (Wildman–Crippen LogP) is 1.91. The van der Waals surface area contributed by atoms with Crippen LogP contribution >= 0.6 is 11.3 Å². The van der Waals surface area contributed by atoms with Crippen LogP contribution in [0.5, 0.6) is 0 Å². The highest BCUT2D eigenvalue weighted by atomic mass is 32.1. The van der Waals surface area contributed by atoms with Crippen molar-refractivity contribution in [1.29, 1.82) is 0 Å². The van der Waals surface area contributed by atoms with E-state index < -0.39 is 5.97 Å². The lowest BCUT2D eigenvalue weighted by atomic mass is 10.6. The normalized spacial score (nSPS) is 10.0. The van der Waals surface area contributed by atoms with Crippen molar-refractivity contribution in [2.24, 2.45) is 0 Å². The number of hydrogen-bond acceptors (Lipinski definition) is 4. The summed E-state index contributed by atoms with van der Waals surface area (Å²) in [4.78, 5) is 17.6. The van der Waals surface area contributed by atoms with Crippen LogP contribution in [0.15, 0.2) is 24.5 Å². The minimum absolute atomic E-state index is 0.221. The molecule has 0 aliphatic rings. The largest absolute Gasteiger partial charge is 0.477 e. The Morgan fingerprint density at radius 1 is 1.64 bits per heavy atom. The molecule has 0 aromatic carbocycles. The average Bonchev–Trinajstić information content (AvgIpc) is 2.75. The SMILES string of the molecule is O=C(O)c1cnc(Nc2ccc[nH]2)s1. The van der Waals surface area contributed by atoms with Crippen molar-refractivity contribution in [2.45, 2.75) is 0 Å². The van der Waals surface area contributed by atoms with Crippen molar-refractivity contribution in [1.82, 2.24) is 9.97 Å². The third kappa shape index (κ3) is 1.74. The quantitative estimate of drug-likeness (QED) is 0.721. The lowest BCUT2D eigenvalue weighted by molar-refractivity contribution is 0.0702. The predicted molar refractivity (Wildman–Crippen MR) is 53.1 cm³/mol. The molecule has 0 saturated heterocycles. The fraction of sp³-hybridized carbons (Fsp3) is 0. The first kappa shape index (κ1) is 8.76. The lowest BCUT2D eigenvalue weighted by Crippen LogP contribution is -1.90. The molecule has 2 heterocycles. The number of aromatic carboxylic acids is 1. The van der Waals surface area contributed by atoms with E-state index in [1.165, 1.54) is 6.20 Å². The molecule has 72 valence electrons. The van der Waals surface area contributed by atoms with E-state index in [0.29, 0.717) is 5.13 Å². The highest BCUT2D eigenvalue weighted by molar-refractivity contribution is 7.17. The van der Waals surface area contributed by atoms with Crippen molar-refractivity contribution in [3.63, 3.8) is 0 Å². The topological polar surface area (TPSA) is 78.0 Å². The highest BCUT2D eigenvalue weighted by Crippen LogP contribution is 2.21. The molecule has 0 aliphatic carbocycles. The number of nitrogens with zero attached hydrogens (tertiary/aromatic N) is 1. The number of carboxylic acids is 1. The van der Waals surface area contributed by atoms with Crippen molar-refractivity contribution in [3.05, 3.63) is 29.4 Å². The maximum atomic E-state index is 10.6. The molecular formula is C8H7N3O2S. The van der Waals surface area contributed by atoms with E-state index in [4.69, 9.17) is 5.11 Å². The summed E-state index contributed by atoms with van der Waals surface area (Å²) in [6.07, 6.45) is 3.10. The molecule has 2 rings (SSSR count). The molecule has 6 heteroatoms. The Morgan fingerprint density at radius 2 is 2.50 bits per heavy atom. The molecule has 3 N–H and O–H groups in total. The summed E-state index contributed by atoms with van der Waals surface area (Å²) in [5.74, 6) is -0.168. The molecule has 0 spiro atoms. The van der Waals surface area contributed by atoms with Crippen LogP contribution < -0.4 is 5.32 Å². The van der Waals surface area contributed by atoms with Crippen LogP contribution in [-0.2, 0) is 0 Å². The molecule has 0 bridgehead atoms. The molecule has 0 fully saturated rings. The van der Waals surface area contributed by atoms with E-state index in [0.717, 1.165) is 17.2 Å². The van der Waals surface area contributed by atoms with E-state index in [1.807, 2.05) is 12.1 Å². The van der Waals surface area contributed by atoms with Gasteiger partial charge in [-0.3, -0.25) is 0 Å². The van der Waals surface area contributed by atoms with Gasteiger partial charge in [0.2, 0.25) is 0 Å². The van der Waals surface area contributed by atoms with Crippen LogP contribution in [-0.4, -0.2) is 21.0 Å². The Hall–Kier alpha value is -1.82. The average molecular weight is 209 g/mol. The van der Waals surface area contributed by atoms with Crippen LogP contribution in [0.4, 0.5) is 10.9 Å². The molecule has 14 heavy (non-hydrogen) atoms. The number of hydrogen-bond donors (Lipinski definition) is 3. The van der Waals surface area contributed by atoms with Crippen LogP contribution in [0.1, 0.15) is 9.67 Å². The molecule has 0 saturated carbocycles. The van der Waals surface area contributed by atoms with Gasteiger partial charge in [-0.05, 0) is 12.1 Å². The first-order valence-electron chi connectivity index (χ1n) is 3.85. The summed E-state index contributed by atoms with van der Waals surface area (Å²) in [7, 11) is 0. The van der Waals surface area contributed by atoms with Gasteiger partial charge in [-0.25, -0.2) is 9.78 Å². The van der Waals surface area contributed by atoms with Gasteiger partial charge in [0.15, 0.2) is 5.13 Å². The number of aromatic nitrogens is 2. The minimum atomic E-state index is -0.956. The summed E-state index contributed by atoms with van der Waals surface area (Å²) in [6, 6.07) is 3.68. The highest BCUT2D eigenvalue weighted by Gasteiger charge is 2.08. The lowest BCUT2D eigenvalue weighted by Gasteiger charge is -1.95. The molecular weight excluding hydrogens is 202 g/mol. The standard InChI is InChI=1S/C8H7N3O2S/c12-7(13)5-4-10-8(14-5)11-6-2-1-3-9-6/h1-4,9H,(H,10,11)(H,12,13). The zero-order valence-corrected chi connectivity index (χ0v) is 7.84. The van der Waals surface area contributed by atoms with Crippen molar-refractivity contribution in [3.8, 4) is 0 Å². The van der Waals surface area contributed by atoms with Crippen molar-refractivity contribution < 1.29 is 9.90 Å². The second kappa shape index (κ2) is 3.51. The van der Waals surface area contributed by atoms with Gasteiger partial charge >= 0.3 is 5.97 Å². The fourth-order valence-corrected chi connectivity index (χ4v) is 1.62.